The summed E-state index contributed by atoms with van der Waals surface area (Å²) in [4.78, 5) is 14.7. The van der Waals surface area contributed by atoms with Gasteiger partial charge in [0.15, 0.2) is 0 Å². The molecule has 0 bridgehead atoms. The summed E-state index contributed by atoms with van der Waals surface area (Å²) in [6, 6.07) is 6.33. The lowest BCUT2D eigenvalue weighted by atomic mass is 10.0. The molecule has 1 heterocycles. The Morgan fingerprint density at radius 3 is 2.90 bits per heavy atom. The van der Waals surface area contributed by atoms with Crippen molar-refractivity contribution in [3.05, 3.63) is 28.2 Å². The Bertz CT molecular complexity index is 506. The third-order valence-electron chi connectivity index (χ3n) is 4.17. The van der Waals surface area contributed by atoms with E-state index in [1.165, 1.54) is 12.0 Å². The van der Waals surface area contributed by atoms with E-state index in [1.807, 2.05) is 39.1 Å². The smallest absolute Gasteiger partial charge is 0.241 e. The molecule has 21 heavy (non-hydrogen) atoms. The first kappa shape index (κ1) is 16.5. The van der Waals surface area contributed by atoms with Crippen molar-refractivity contribution >= 4 is 27.5 Å². The Hall–Kier alpha value is -0.910. The van der Waals surface area contributed by atoms with Crippen molar-refractivity contribution in [2.24, 2.45) is 0 Å². The maximum Gasteiger partial charge on any atom is 0.241 e. The Kier molecular flexibility index (Phi) is 5.79. The van der Waals surface area contributed by atoms with Crippen LogP contribution in [-0.2, 0) is 4.79 Å². The molecule has 1 saturated heterocycles. The highest BCUT2D eigenvalue weighted by molar-refractivity contribution is 9.10. The molecule has 4 nitrogen and oxygen atoms in total. The van der Waals surface area contributed by atoms with Gasteiger partial charge in [-0.1, -0.05) is 6.07 Å². The zero-order valence-corrected chi connectivity index (χ0v) is 14.5. The summed E-state index contributed by atoms with van der Waals surface area (Å²) in [5, 5.41) is 6.33. The van der Waals surface area contributed by atoms with Crippen molar-refractivity contribution in [2.45, 2.75) is 38.8 Å². The van der Waals surface area contributed by atoms with Gasteiger partial charge in [-0.15, -0.1) is 0 Å². The van der Waals surface area contributed by atoms with Gasteiger partial charge in [0, 0.05) is 17.1 Å². The number of carbonyl (C=O) groups excluding carboxylic acids is 1. The molecular formula is C16H24BrN3O. The number of hydrogen-bond donors (Lipinski definition) is 2. The topological polar surface area (TPSA) is 44.4 Å². The number of nitrogens with zero attached hydrogens (tertiary/aromatic N) is 1. The van der Waals surface area contributed by atoms with Crippen LogP contribution in [0.15, 0.2) is 22.7 Å². The third kappa shape index (κ3) is 4.28. The first-order chi connectivity index (χ1) is 10.0. The average molecular weight is 354 g/mol. The number of rotatable bonds is 4. The molecule has 5 heteroatoms. The van der Waals surface area contributed by atoms with Gasteiger partial charge in [0.25, 0.3) is 0 Å². The molecule has 1 aliphatic heterocycles. The molecule has 1 aromatic carbocycles. The Balaban J connectivity index is 1.99. The summed E-state index contributed by atoms with van der Waals surface area (Å²) in [5.74, 6) is 0.0521. The van der Waals surface area contributed by atoms with Gasteiger partial charge in [0.05, 0.1) is 11.7 Å². The molecule has 2 atom stereocenters. The fourth-order valence-corrected chi connectivity index (χ4v) is 3.31. The Morgan fingerprint density at radius 2 is 2.24 bits per heavy atom. The maximum absolute atomic E-state index is 12.4. The normalized spacial score (nSPS) is 21.0. The quantitative estimate of drug-likeness (QED) is 0.874. The molecule has 1 aliphatic rings. The van der Waals surface area contributed by atoms with Crippen molar-refractivity contribution in [3.63, 3.8) is 0 Å². The molecule has 0 aromatic heterocycles. The number of carbonyl (C=O) groups is 1. The van der Waals surface area contributed by atoms with E-state index in [4.69, 9.17) is 0 Å². The van der Waals surface area contributed by atoms with E-state index >= 15 is 0 Å². The van der Waals surface area contributed by atoms with Crippen LogP contribution < -0.4 is 10.6 Å². The fourth-order valence-electron chi connectivity index (χ4n) is 2.72. The molecule has 0 radical (unpaired) electrons. The van der Waals surface area contributed by atoms with E-state index < -0.39 is 0 Å². The van der Waals surface area contributed by atoms with Crippen LogP contribution in [0.1, 0.15) is 25.3 Å². The van der Waals surface area contributed by atoms with E-state index in [1.54, 1.807) is 0 Å². The molecule has 1 aromatic rings. The summed E-state index contributed by atoms with van der Waals surface area (Å²) >= 11 is 3.50. The molecule has 2 N–H and O–H groups in total. The number of aryl methyl sites for hydroxylation is 1. The van der Waals surface area contributed by atoms with Crippen molar-refractivity contribution < 1.29 is 4.79 Å². The number of hydrogen-bond acceptors (Lipinski definition) is 3. The van der Waals surface area contributed by atoms with E-state index in [-0.39, 0.29) is 11.9 Å². The second-order valence-corrected chi connectivity index (χ2v) is 6.63. The lowest BCUT2D eigenvalue weighted by Gasteiger charge is -2.36. The summed E-state index contributed by atoms with van der Waals surface area (Å²) in [6.07, 6.45) is 2.32. The molecular weight excluding hydrogens is 330 g/mol. The number of halogens is 1. The minimum absolute atomic E-state index is 0.0521. The van der Waals surface area contributed by atoms with Crippen molar-refractivity contribution in [2.75, 3.05) is 25.5 Å². The van der Waals surface area contributed by atoms with Gasteiger partial charge in [-0.2, -0.15) is 0 Å². The maximum atomic E-state index is 12.4. The second-order valence-electron chi connectivity index (χ2n) is 5.77. The highest BCUT2D eigenvalue weighted by Crippen LogP contribution is 2.24. The molecule has 0 spiro atoms. The largest absolute Gasteiger partial charge is 0.324 e. The third-order valence-corrected chi connectivity index (χ3v) is 4.83. The molecule has 2 rings (SSSR count). The van der Waals surface area contributed by atoms with Crippen LogP contribution in [0.2, 0.25) is 0 Å². The summed E-state index contributed by atoms with van der Waals surface area (Å²) in [6.45, 7) is 5.93. The average Bonchev–Trinajstić information content (AvgIpc) is 2.49. The fraction of sp³-hybridized carbons (Fsp3) is 0.562. The standard InChI is InChI=1S/C16H24BrN3O/c1-11-6-7-15(14(17)9-11)19-16(21)12(2)20-8-4-5-13(10-20)18-3/h6-7,9,12-13,18H,4-5,8,10H2,1-3H3,(H,19,21). The first-order valence-electron chi connectivity index (χ1n) is 7.49. The predicted molar refractivity (Wildman–Crippen MR) is 90.6 cm³/mol. The summed E-state index contributed by atoms with van der Waals surface area (Å²) in [7, 11) is 1.99. The summed E-state index contributed by atoms with van der Waals surface area (Å²) in [5.41, 5.74) is 2.00. The second kappa shape index (κ2) is 7.38. The minimum atomic E-state index is -0.116. The van der Waals surface area contributed by atoms with Gasteiger partial charge in [-0.3, -0.25) is 9.69 Å². The van der Waals surface area contributed by atoms with Gasteiger partial charge < -0.3 is 10.6 Å². The number of likely N-dealkylation sites (tertiary alicyclic amines) is 1. The molecule has 116 valence electrons. The minimum Gasteiger partial charge on any atom is -0.324 e. The molecule has 0 aliphatic carbocycles. The lowest BCUT2D eigenvalue weighted by Crippen LogP contribution is -2.51. The van der Waals surface area contributed by atoms with E-state index in [0.717, 1.165) is 29.7 Å². The zero-order valence-electron chi connectivity index (χ0n) is 12.9. The van der Waals surface area contributed by atoms with Crippen LogP contribution in [-0.4, -0.2) is 43.0 Å². The Labute approximate surface area is 135 Å². The number of benzene rings is 1. The van der Waals surface area contributed by atoms with Crippen LogP contribution in [0.25, 0.3) is 0 Å². The molecule has 1 amide bonds. The van der Waals surface area contributed by atoms with E-state index in [9.17, 15) is 4.79 Å². The van der Waals surface area contributed by atoms with Gasteiger partial charge >= 0.3 is 0 Å². The Morgan fingerprint density at radius 1 is 1.48 bits per heavy atom. The highest BCUT2D eigenvalue weighted by Gasteiger charge is 2.26. The zero-order chi connectivity index (χ0) is 15.4. The van der Waals surface area contributed by atoms with Crippen LogP contribution in [0.4, 0.5) is 5.69 Å². The monoisotopic (exact) mass is 353 g/mol. The number of piperidine rings is 1. The molecule has 1 fully saturated rings. The van der Waals surface area contributed by atoms with E-state index in [0.29, 0.717) is 6.04 Å². The number of nitrogens with one attached hydrogen (secondary N) is 2. The predicted octanol–water partition coefficient (Wildman–Crippen LogP) is 2.77. The van der Waals surface area contributed by atoms with Gasteiger partial charge in [-0.25, -0.2) is 0 Å². The van der Waals surface area contributed by atoms with Gasteiger partial charge in [-0.05, 0) is 73.9 Å². The molecule has 2 unspecified atom stereocenters. The van der Waals surface area contributed by atoms with Crippen molar-refractivity contribution in [3.8, 4) is 0 Å². The van der Waals surface area contributed by atoms with Crippen LogP contribution in [0.3, 0.4) is 0 Å². The molecule has 0 saturated carbocycles. The van der Waals surface area contributed by atoms with Crippen LogP contribution in [0, 0.1) is 6.92 Å². The SMILES string of the molecule is CNC1CCCN(C(C)C(=O)Nc2ccc(C)cc2Br)C1. The first-order valence-corrected chi connectivity index (χ1v) is 8.29. The number of amides is 1. The van der Waals surface area contributed by atoms with Crippen LogP contribution in [0.5, 0.6) is 0 Å². The van der Waals surface area contributed by atoms with Crippen molar-refractivity contribution in [1.29, 1.82) is 0 Å². The lowest BCUT2D eigenvalue weighted by molar-refractivity contribution is -0.121. The number of anilines is 1. The van der Waals surface area contributed by atoms with Gasteiger partial charge in [0.1, 0.15) is 0 Å². The van der Waals surface area contributed by atoms with Crippen LogP contribution >= 0.6 is 15.9 Å². The van der Waals surface area contributed by atoms with Gasteiger partial charge in [0.2, 0.25) is 5.91 Å². The highest BCUT2D eigenvalue weighted by atomic mass is 79.9. The summed E-state index contributed by atoms with van der Waals surface area (Å²) < 4.78 is 0.926. The van der Waals surface area contributed by atoms with E-state index in [2.05, 4.69) is 31.5 Å². The van der Waals surface area contributed by atoms with Crippen molar-refractivity contribution in [1.82, 2.24) is 10.2 Å². The number of likely N-dealkylation sites (N-methyl/N-ethyl adjacent to an activating group) is 1.